The Bertz CT molecular complexity index is 535. The summed E-state index contributed by atoms with van der Waals surface area (Å²) in [5.74, 6) is 0.441. The van der Waals surface area contributed by atoms with E-state index in [2.05, 4.69) is 17.3 Å². The topological polar surface area (TPSA) is 64.0 Å². The standard InChI is InChI=1S/C15H29N3O2S/c1-5-8-16-9-7-15-13(3)17-18(14(15)4)10-12-21(19,20)11-6-2/h16H,5-12H2,1-4H3. The van der Waals surface area contributed by atoms with E-state index in [0.717, 1.165) is 37.3 Å². The molecule has 0 amide bonds. The summed E-state index contributed by atoms with van der Waals surface area (Å²) in [4.78, 5) is 0. The Labute approximate surface area is 129 Å². The van der Waals surface area contributed by atoms with E-state index < -0.39 is 9.84 Å². The van der Waals surface area contributed by atoms with Gasteiger partial charge >= 0.3 is 0 Å². The summed E-state index contributed by atoms with van der Waals surface area (Å²) in [5, 5.41) is 7.88. The quantitative estimate of drug-likeness (QED) is 0.670. The second-order valence-electron chi connectivity index (χ2n) is 5.52. The van der Waals surface area contributed by atoms with Crippen LogP contribution in [-0.4, -0.2) is 42.8 Å². The Kier molecular flexibility index (Phi) is 7.39. The van der Waals surface area contributed by atoms with Gasteiger partial charge < -0.3 is 5.32 Å². The molecule has 0 bridgehead atoms. The molecule has 0 unspecified atom stereocenters. The summed E-state index contributed by atoms with van der Waals surface area (Å²) in [6.07, 6.45) is 2.75. The highest BCUT2D eigenvalue weighted by atomic mass is 32.2. The van der Waals surface area contributed by atoms with Crippen molar-refractivity contribution < 1.29 is 8.42 Å². The Morgan fingerprint density at radius 3 is 2.43 bits per heavy atom. The van der Waals surface area contributed by atoms with Crippen LogP contribution in [0.15, 0.2) is 0 Å². The van der Waals surface area contributed by atoms with Crippen molar-refractivity contribution in [3.8, 4) is 0 Å². The molecule has 0 saturated heterocycles. The second-order valence-corrected chi connectivity index (χ2v) is 7.83. The van der Waals surface area contributed by atoms with Crippen molar-refractivity contribution in [1.82, 2.24) is 15.1 Å². The van der Waals surface area contributed by atoms with Crippen molar-refractivity contribution in [3.63, 3.8) is 0 Å². The van der Waals surface area contributed by atoms with Crippen molar-refractivity contribution in [2.75, 3.05) is 24.6 Å². The lowest BCUT2D eigenvalue weighted by Crippen LogP contribution is -2.19. The first-order valence-electron chi connectivity index (χ1n) is 7.85. The molecule has 6 heteroatoms. The molecule has 0 aliphatic rings. The normalized spacial score (nSPS) is 12.0. The maximum Gasteiger partial charge on any atom is 0.152 e. The summed E-state index contributed by atoms with van der Waals surface area (Å²) in [6, 6.07) is 0. The number of hydrogen-bond acceptors (Lipinski definition) is 4. The van der Waals surface area contributed by atoms with Crippen molar-refractivity contribution in [3.05, 3.63) is 17.0 Å². The highest BCUT2D eigenvalue weighted by Gasteiger charge is 2.14. The Balaban J connectivity index is 2.64. The molecule has 0 fully saturated rings. The smallest absolute Gasteiger partial charge is 0.152 e. The third-order valence-corrected chi connectivity index (χ3v) is 5.47. The second kappa shape index (κ2) is 8.54. The molecule has 1 N–H and O–H groups in total. The van der Waals surface area contributed by atoms with Crippen molar-refractivity contribution in [2.45, 2.75) is 53.5 Å². The zero-order valence-corrected chi connectivity index (χ0v) is 14.6. The number of rotatable bonds is 10. The van der Waals surface area contributed by atoms with Gasteiger partial charge in [-0.2, -0.15) is 5.10 Å². The van der Waals surface area contributed by atoms with Crippen molar-refractivity contribution in [1.29, 1.82) is 0 Å². The predicted octanol–water partition coefficient (Wildman–Crippen LogP) is 1.87. The lowest BCUT2D eigenvalue weighted by atomic mass is 10.1. The number of nitrogens with zero attached hydrogens (tertiary/aromatic N) is 2. The Hall–Kier alpha value is -0.880. The fourth-order valence-corrected chi connectivity index (χ4v) is 3.74. The fraction of sp³-hybridized carbons (Fsp3) is 0.800. The molecular formula is C15H29N3O2S. The van der Waals surface area contributed by atoms with Gasteiger partial charge in [-0.15, -0.1) is 0 Å². The van der Waals surface area contributed by atoms with Crippen LogP contribution in [0, 0.1) is 13.8 Å². The van der Waals surface area contributed by atoms with E-state index in [9.17, 15) is 8.42 Å². The molecule has 0 spiro atoms. The molecule has 0 aromatic carbocycles. The molecule has 1 heterocycles. The average molecular weight is 315 g/mol. The summed E-state index contributed by atoms with van der Waals surface area (Å²) in [5.41, 5.74) is 3.35. The Morgan fingerprint density at radius 1 is 1.10 bits per heavy atom. The largest absolute Gasteiger partial charge is 0.316 e. The molecule has 0 saturated carbocycles. The summed E-state index contributed by atoms with van der Waals surface area (Å²) < 4.78 is 25.4. The zero-order valence-electron chi connectivity index (χ0n) is 13.8. The van der Waals surface area contributed by atoms with Crippen molar-refractivity contribution in [2.24, 2.45) is 0 Å². The van der Waals surface area contributed by atoms with Gasteiger partial charge in [-0.3, -0.25) is 4.68 Å². The van der Waals surface area contributed by atoms with Crippen LogP contribution in [0.25, 0.3) is 0 Å². The number of aryl methyl sites for hydroxylation is 2. The third kappa shape index (κ3) is 5.79. The molecule has 5 nitrogen and oxygen atoms in total. The average Bonchev–Trinajstić information content (AvgIpc) is 2.68. The molecule has 1 rings (SSSR count). The number of aromatic nitrogens is 2. The lowest BCUT2D eigenvalue weighted by molar-refractivity contribution is 0.575. The van der Waals surface area contributed by atoms with Gasteiger partial charge in [0, 0.05) is 11.4 Å². The molecule has 0 atom stereocenters. The van der Waals surface area contributed by atoms with Crippen LogP contribution in [-0.2, 0) is 22.8 Å². The maximum atomic E-state index is 11.8. The molecule has 0 aliphatic heterocycles. The summed E-state index contributed by atoms with van der Waals surface area (Å²) in [6.45, 7) is 10.5. The van der Waals surface area contributed by atoms with E-state index in [1.54, 1.807) is 0 Å². The number of hydrogen-bond donors (Lipinski definition) is 1. The van der Waals surface area contributed by atoms with Gasteiger partial charge in [0.25, 0.3) is 0 Å². The highest BCUT2D eigenvalue weighted by molar-refractivity contribution is 7.91. The molecule has 21 heavy (non-hydrogen) atoms. The Morgan fingerprint density at radius 2 is 1.81 bits per heavy atom. The van der Waals surface area contributed by atoms with Crippen LogP contribution in [0.3, 0.4) is 0 Å². The van der Waals surface area contributed by atoms with Gasteiger partial charge in [0.2, 0.25) is 0 Å². The van der Waals surface area contributed by atoms with Crippen LogP contribution in [0.2, 0.25) is 0 Å². The molecule has 1 aromatic rings. The van der Waals surface area contributed by atoms with Crippen LogP contribution in [0.4, 0.5) is 0 Å². The van der Waals surface area contributed by atoms with E-state index in [1.807, 2.05) is 25.5 Å². The first-order valence-corrected chi connectivity index (χ1v) is 9.67. The van der Waals surface area contributed by atoms with Gasteiger partial charge in [0.1, 0.15) is 0 Å². The minimum Gasteiger partial charge on any atom is -0.316 e. The first kappa shape index (κ1) is 18.2. The zero-order chi connectivity index (χ0) is 15.9. The molecule has 0 radical (unpaired) electrons. The van der Waals surface area contributed by atoms with Gasteiger partial charge in [-0.05, 0) is 51.8 Å². The molecule has 1 aromatic heterocycles. The van der Waals surface area contributed by atoms with Crippen LogP contribution in [0.5, 0.6) is 0 Å². The van der Waals surface area contributed by atoms with Crippen LogP contribution in [0.1, 0.15) is 43.6 Å². The molecule has 0 aliphatic carbocycles. The van der Waals surface area contributed by atoms with E-state index in [1.165, 1.54) is 5.56 Å². The van der Waals surface area contributed by atoms with Crippen LogP contribution >= 0.6 is 0 Å². The van der Waals surface area contributed by atoms with E-state index in [0.29, 0.717) is 13.0 Å². The highest BCUT2D eigenvalue weighted by Crippen LogP contribution is 2.13. The van der Waals surface area contributed by atoms with E-state index in [-0.39, 0.29) is 11.5 Å². The SMILES string of the molecule is CCCNCCc1c(C)nn(CCS(=O)(=O)CCC)c1C. The van der Waals surface area contributed by atoms with Crippen LogP contribution < -0.4 is 5.32 Å². The fourth-order valence-electron chi connectivity index (χ4n) is 2.47. The summed E-state index contributed by atoms with van der Waals surface area (Å²) in [7, 11) is -2.95. The molecular weight excluding hydrogens is 286 g/mol. The van der Waals surface area contributed by atoms with Crippen molar-refractivity contribution >= 4 is 9.84 Å². The summed E-state index contributed by atoms with van der Waals surface area (Å²) >= 11 is 0. The predicted molar refractivity (Wildman–Crippen MR) is 87.5 cm³/mol. The van der Waals surface area contributed by atoms with Gasteiger partial charge in [-0.25, -0.2) is 8.42 Å². The molecule has 122 valence electrons. The van der Waals surface area contributed by atoms with Gasteiger partial charge in [-0.1, -0.05) is 13.8 Å². The third-order valence-electron chi connectivity index (χ3n) is 3.64. The minimum absolute atomic E-state index is 0.177. The minimum atomic E-state index is -2.95. The first-order chi connectivity index (χ1) is 9.91. The number of sulfone groups is 1. The van der Waals surface area contributed by atoms with Gasteiger partial charge in [0.05, 0.1) is 18.0 Å². The van der Waals surface area contributed by atoms with Gasteiger partial charge in [0.15, 0.2) is 9.84 Å². The number of nitrogens with one attached hydrogen (secondary N) is 1. The monoisotopic (exact) mass is 315 g/mol. The maximum absolute atomic E-state index is 11.8. The van der Waals surface area contributed by atoms with E-state index >= 15 is 0 Å². The lowest BCUT2D eigenvalue weighted by Gasteiger charge is -2.07. The van der Waals surface area contributed by atoms with E-state index in [4.69, 9.17) is 0 Å².